The van der Waals surface area contributed by atoms with Crippen LogP contribution in [0.15, 0.2) is 18.3 Å². The Balaban J connectivity index is 2.54. The Bertz CT molecular complexity index is 324. The zero-order valence-corrected chi connectivity index (χ0v) is 8.73. The van der Waals surface area contributed by atoms with Crippen molar-refractivity contribution in [2.45, 2.75) is 13.0 Å². The number of aliphatic hydroxyl groups is 1. The van der Waals surface area contributed by atoms with E-state index in [9.17, 15) is 9.90 Å². The third-order valence-corrected chi connectivity index (χ3v) is 1.79. The number of aromatic nitrogens is 1. The molecule has 0 saturated carbocycles. The number of methoxy groups -OCH3 is 1. The second-order valence-corrected chi connectivity index (χ2v) is 3.18. The second kappa shape index (κ2) is 5.43. The SMILES string of the molecule is COCC(O)C(=O)Nc1ccc(C)cn1. The van der Waals surface area contributed by atoms with Gasteiger partial charge in [-0.1, -0.05) is 6.07 Å². The summed E-state index contributed by atoms with van der Waals surface area (Å²) in [4.78, 5) is 15.3. The van der Waals surface area contributed by atoms with Gasteiger partial charge in [-0.2, -0.15) is 0 Å². The maximum Gasteiger partial charge on any atom is 0.256 e. The standard InChI is InChI=1S/C10H14N2O3/c1-7-3-4-9(11-5-7)12-10(14)8(13)6-15-2/h3-5,8,13H,6H2,1-2H3,(H,11,12,14). The van der Waals surface area contributed by atoms with Crippen molar-refractivity contribution in [3.05, 3.63) is 23.9 Å². The van der Waals surface area contributed by atoms with Gasteiger partial charge in [0.2, 0.25) is 0 Å². The van der Waals surface area contributed by atoms with Gasteiger partial charge in [0, 0.05) is 13.3 Å². The van der Waals surface area contributed by atoms with Crippen LogP contribution in [0, 0.1) is 6.92 Å². The number of hydrogen-bond acceptors (Lipinski definition) is 4. The van der Waals surface area contributed by atoms with Crippen LogP contribution in [0.2, 0.25) is 0 Å². The van der Waals surface area contributed by atoms with Crippen LogP contribution in [0.25, 0.3) is 0 Å². The zero-order chi connectivity index (χ0) is 11.3. The molecule has 0 bridgehead atoms. The quantitative estimate of drug-likeness (QED) is 0.751. The number of amides is 1. The van der Waals surface area contributed by atoms with Gasteiger partial charge < -0.3 is 15.2 Å². The van der Waals surface area contributed by atoms with E-state index in [1.165, 1.54) is 7.11 Å². The van der Waals surface area contributed by atoms with Gasteiger partial charge >= 0.3 is 0 Å². The summed E-state index contributed by atoms with van der Waals surface area (Å²) in [5, 5.41) is 11.7. The number of nitrogens with one attached hydrogen (secondary N) is 1. The summed E-state index contributed by atoms with van der Waals surface area (Å²) in [6, 6.07) is 3.50. The summed E-state index contributed by atoms with van der Waals surface area (Å²) in [5.41, 5.74) is 1.01. The molecule has 0 fully saturated rings. The molecule has 1 heterocycles. The molecule has 0 spiro atoms. The smallest absolute Gasteiger partial charge is 0.256 e. The highest BCUT2D eigenvalue weighted by Crippen LogP contribution is 2.04. The average Bonchev–Trinajstić information content (AvgIpc) is 2.22. The van der Waals surface area contributed by atoms with E-state index in [0.29, 0.717) is 5.82 Å². The van der Waals surface area contributed by atoms with Crippen LogP contribution in [-0.4, -0.2) is 35.8 Å². The maximum atomic E-state index is 11.3. The molecule has 0 aliphatic rings. The number of hydrogen-bond donors (Lipinski definition) is 2. The van der Waals surface area contributed by atoms with Crippen LogP contribution in [0.4, 0.5) is 5.82 Å². The molecular weight excluding hydrogens is 196 g/mol. The van der Waals surface area contributed by atoms with Gasteiger partial charge in [0.25, 0.3) is 5.91 Å². The van der Waals surface area contributed by atoms with Crippen LogP contribution in [-0.2, 0) is 9.53 Å². The first kappa shape index (κ1) is 11.6. The first-order chi connectivity index (χ1) is 7.13. The molecule has 15 heavy (non-hydrogen) atoms. The van der Waals surface area contributed by atoms with Gasteiger partial charge in [0.1, 0.15) is 5.82 Å². The minimum absolute atomic E-state index is 0.0301. The van der Waals surface area contributed by atoms with E-state index in [1.807, 2.05) is 13.0 Å². The lowest BCUT2D eigenvalue weighted by molar-refractivity contribution is -0.126. The number of aliphatic hydroxyl groups excluding tert-OH is 1. The van der Waals surface area contributed by atoms with Crippen molar-refractivity contribution in [2.75, 3.05) is 19.0 Å². The Morgan fingerprint density at radius 1 is 1.67 bits per heavy atom. The Hall–Kier alpha value is -1.46. The van der Waals surface area contributed by atoms with Crippen molar-refractivity contribution >= 4 is 11.7 Å². The lowest BCUT2D eigenvalue weighted by Gasteiger charge is -2.09. The molecule has 5 heteroatoms. The summed E-state index contributed by atoms with van der Waals surface area (Å²) < 4.78 is 4.65. The number of anilines is 1. The van der Waals surface area contributed by atoms with Crippen LogP contribution >= 0.6 is 0 Å². The molecule has 0 aliphatic carbocycles. The lowest BCUT2D eigenvalue weighted by Crippen LogP contribution is -2.31. The van der Waals surface area contributed by atoms with Crippen LogP contribution in [0.5, 0.6) is 0 Å². The number of carbonyl (C=O) groups is 1. The Kier molecular flexibility index (Phi) is 4.20. The van der Waals surface area contributed by atoms with Gasteiger partial charge in [-0.3, -0.25) is 4.79 Å². The molecule has 1 amide bonds. The third-order valence-electron chi connectivity index (χ3n) is 1.79. The molecule has 0 saturated heterocycles. The molecule has 0 aliphatic heterocycles. The van der Waals surface area contributed by atoms with E-state index in [4.69, 9.17) is 0 Å². The van der Waals surface area contributed by atoms with Crippen LogP contribution in [0.3, 0.4) is 0 Å². The second-order valence-electron chi connectivity index (χ2n) is 3.18. The highest BCUT2D eigenvalue weighted by Gasteiger charge is 2.14. The predicted molar refractivity (Wildman–Crippen MR) is 55.5 cm³/mol. The van der Waals surface area contributed by atoms with E-state index in [2.05, 4.69) is 15.0 Å². The van der Waals surface area contributed by atoms with Crippen molar-refractivity contribution in [3.63, 3.8) is 0 Å². The minimum Gasteiger partial charge on any atom is -0.381 e. The fraction of sp³-hybridized carbons (Fsp3) is 0.400. The molecule has 1 unspecified atom stereocenters. The fourth-order valence-corrected chi connectivity index (χ4v) is 0.985. The molecule has 5 nitrogen and oxygen atoms in total. The predicted octanol–water partition coefficient (Wildman–Crippen LogP) is 0.336. The number of aryl methyl sites for hydroxylation is 1. The van der Waals surface area contributed by atoms with Gasteiger partial charge in [-0.25, -0.2) is 4.98 Å². The molecular formula is C10H14N2O3. The van der Waals surface area contributed by atoms with Gasteiger partial charge in [0.05, 0.1) is 6.61 Å². The molecule has 1 rings (SSSR count). The zero-order valence-electron chi connectivity index (χ0n) is 8.73. The summed E-state index contributed by atoms with van der Waals surface area (Å²) >= 11 is 0. The third kappa shape index (κ3) is 3.65. The van der Waals surface area contributed by atoms with Crippen molar-refractivity contribution in [2.24, 2.45) is 0 Å². The summed E-state index contributed by atoms with van der Waals surface area (Å²) in [6.07, 6.45) is 0.469. The average molecular weight is 210 g/mol. The fourth-order valence-electron chi connectivity index (χ4n) is 0.985. The van der Waals surface area contributed by atoms with Gasteiger partial charge in [0.15, 0.2) is 6.10 Å². The molecule has 1 aromatic rings. The molecule has 0 radical (unpaired) electrons. The van der Waals surface area contributed by atoms with Crippen molar-refractivity contribution in [3.8, 4) is 0 Å². The van der Waals surface area contributed by atoms with Gasteiger partial charge in [-0.15, -0.1) is 0 Å². The summed E-state index contributed by atoms with van der Waals surface area (Å²) in [5.74, 6) is -0.103. The van der Waals surface area contributed by atoms with Crippen molar-refractivity contribution in [1.82, 2.24) is 4.98 Å². The van der Waals surface area contributed by atoms with Gasteiger partial charge in [-0.05, 0) is 18.6 Å². The topological polar surface area (TPSA) is 71.5 Å². The highest BCUT2D eigenvalue weighted by molar-refractivity contribution is 5.93. The molecule has 82 valence electrons. The normalized spacial score (nSPS) is 12.2. The first-order valence-electron chi connectivity index (χ1n) is 4.54. The highest BCUT2D eigenvalue weighted by atomic mass is 16.5. The Labute approximate surface area is 88.1 Å². The maximum absolute atomic E-state index is 11.3. The van der Waals surface area contributed by atoms with Crippen LogP contribution in [0.1, 0.15) is 5.56 Å². The minimum atomic E-state index is -1.17. The Morgan fingerprint density at radius 3 is 2.93 bits per heavy atom. The molecule has 2 N–H and O–H groups in total. The Morgan fingerprint density at radius 2 is 2.40 bits per heavy atom. The largest absolute Gasteiger partial charge is 0.381 e. The lowest BCUT2D eigenvalue weighted by atomic mass is 10.3. The monoisotopic (exact) mass is 210 g/mol. The number of ether oxygens (including phenoxy) is 1. The molecule has 0 aromatic carbocycles. The van der Waals surface area contributed by atoms with Crippen molar-refractivity contribution < 1.29 is 14.6 Å². The summed E-state index contributed by atoms with van der Waals surface area (Å²) in [7, 11) is 1.42. The van der Waals surface area contributed by atoms with E-state index in [0.717, 1.165) is 5.56 Å². The number of carbonyl (C=O) groups excluding carboxylic acids is 1. The van der Waals surface area contributed by atoms with Crippen molar-refractivity contribution in [1.29, 1.82) is 0 Å². The number of rotatable bonds is 4. The van der Waals surface area contributed by atoms with E-state index in [1.54, 1.807) is 12.3 Å². The molecule has 1 aromatic heterocycles. The molecule has 1 atom stereocenters. The number of nitrogens with zero attached hydrogens (tertiary/aromatic N) is 1. The summed E-state index contributed by atoms with van der Waals surface area (Å²) in [6.45, 7) is 1.87. The first-order valence-corrected chi connectivity index (χ1v) is 4.54. The number of pyridine rings is 1. The van der Waals surface area contributed by atoms with E-state index < -0.39 is 12.0 Å². The van der Waals surface area contributed by atoms with E-state index >= 15 is 0 Å². The van der Waals surface area contributed by atoms with Crippen LogP contribution < -0.4 is 5.32 Å². The van der Waals surface area contributed by atoms with E-state index in [-0.39, 0.29) is 6.61 Å².